The molecule has 19 heavy (non-hydrogen) atoms. The number of aromatic nitrogens is 1. The number of carboxylic acids is 1. The zero-order valence-corrected chi connectivity index (χ0v) is 11.0. The van der Waals surface area contributed by atoms with Crippen LogP contribution < -0.4 is 5.32 Å². The normalized spacial score (nSPS) is 10.1. The van der Waals surface area contributed by atoms with E-state index in [4.69, 9.17) is 5.11 Å². The minimum absolute atomic E-state index is 0.0371. The molecule has 0 saturated carbocycles. The number of nitrogens with zero attached hydrogens (tertiary/aromatic N) is 1. The summed E-state index contributed by atoms with van der Waals surface area (Å²) in [5, 5.41) is 11.3. The van der Waals surface area contributed by atoms with Crippen LogP contribution in [0.25, 0.3) is 0 Å². The van der Waals surface area contributed by atoms with Crippen LogP contribution in [0.15, 0.2) is 24.5 Å². The first-order chi connectivity index (χ1) is 9.18. The lowest BCUT2D eigenvalue weighted by Gasteiger charge is -2.05. The highest BCUT2D eigenvalue weighted by Crippen LogP contribution is 2.01. The van der Waals surface area contributed by atoms with Crippen LogP contribution in [0, 0.1) is 0 Å². The van der Waals surface area contributed by atoms with Crippen molar-refractivity contribution in [3.63, 3.8) is 0 Å². The monoisotopic (exact) mass is 264 g/mol. The Balaban J connectivity index is 2.01. The van der Waals surface area contributed by atoms with E-state index in [1.165, 1.54) is 0 Å². The molecule has 1 heterocycles. The van der Waals surface area contributed by atoms with Gasteiger partial charge in [0.2, 0.25) is 5.91 Å². The lowest BCUT2D eigenvalue weighted by molar-refractivity contribution is -0.137. The number of aryl methyl sites for hydroxylation is 1. The SMILES string of the molecule is O=C(O)CCCCCNC(=O)CCc1ccncc1. The van der Waals surface area contributed by atoms with E-state index < -0.39 is 5.97 Å². The molecular weight excluding hydrogens is 244 g/mol. The van der Waals surface area contributed by atoms with Crippen molar-refractivity contribution in [1.29, 1.82) is 0 Å². The van der Waals surface area contributed by atoms with Crippen LogP contribution in [-0.4, -0.2) is 28.5 Å². The Morgan fingerprint density at radius 1 is 1.11 bits per heavy atom. The molecule has 0 unspecified atom stereocenters. The third kappa shape index (κ3) is 7.91. The standard InChI is InChI=1S/C14H20N2O3/c17-13(6-5-12-7-10-15-11-8-12)16-9-3-1-2-4-14(18)19/h7-8,10-11H,1-6,9H2,(H,16,17)(H,18,19). The molecule has 5 nitrogen and oxygen atoms in total. The maximum absolute atomic E-state index is 11.5. The number of pyridine rings is 1. The molecule has 1 aromatic heterocycles. The number of amides is 1. The van der Waals surface area contributed by atoms with E-state index >= 15 is 0 Å². The molecule has 0 aliphatic heterocycles. The number of nitrogens with one attached hydrogen (secondary N) is 1. The van der Waals surface area contributed by atoms with E-state index in [1.54, 1.807) is 12.4 Å². The van der Waals surface area contributed by atoms with E-state index in [0.29, 0.717) is 25.8 Å². The van der Waals surface area contributed by atoms with E-state index in [-0.39, 0.29) is 12.3 Å². The van der Waals surface area contributed by atoms with Gasteiger partial charge in [-0.15, -0.1) is 0 Å². The second-order valence-electron chi connectivity index (χ2n) is 4.41. The van der Waals surface area contributed by atoms with Gasteiger partial charge in [-0.1, -0.05) is 6.42 Å². The van der Waals surface area contributed by atoms with Gasteiger partial charge in [-0.05, 0) is 37.0 Å². The fourth-order valence-corrected chi connectivity index (χ4v) is 1.70. The summed E-state index contributed by atoms with van der Waals surface area (Å²) in [7, 11) is 0. The fraction of sp³-hybridized carbons (Fsp3) is 0.500. The molecule has 2 N–H and O–H groups in total. The summed E-state index contributed by atoms with van der Waals surface area (Å²) in [5.41, 5.74) is 1.10. The number of hydrogen-bond acceptors (Lipinski definition) is 3. The topological polar surface area (TPSA) is 79.3 Å². The Bertz CT molecular complexity index is 393. The molecule has 0 aromatic carbocycles. The van der Waals surface area contributed by atoms with Gasteiger partial charge < -0.3 is 10.4 Å². The molecule has 5 heteroatoms. The molecule has 0 fully saturated rings. The van der Waals surface area contributed by atoms with Crippen molar-refractivity contribution in [1.82, 2.24) is 10.3 Å². The number of rotatable bonds is 9. The predicted octanol–water partition coefficient (Wildman–Crippen LogP) is 1.78. The molecule has 1 aromatic rings. The Morgan fingerprint density at radius 2 is 1.84 bits per heavy atom. The van der Waals surface area contributed by atoms with E-state index in [1.807, 2.05) is 12.1 Å². The average Bonchev–Trinajstić information content (AvgIpc) is 2.41. The summed E-state index contributed by atoms with van der Waals surface area (Å²) in [4.78, 5) is 25.7. The molecule has 0 saturated heterocycles. The van der Waals surface area contributed by atoms with Gasteiger partial charge in [0.1, 0.15) is 0 Å². The zero-order valence-electron chi connectivity index (χ0n) is 11.0. The van der Waals surface area contributed by atoms with Crippen LogP contribution >= 0.6 is 0 Å². The largest absolute Gasteiger partial charge is 0.481 e. The van der Waals surface area contributed by atoms with Crippen LogP contribution in [0.3, 0.4) is 0 Å². The van der Waals surface area contributed by atoms with Crippen molar-refractivity contribution in [3.8, 4) is 0 Å². The first-order valence-electron chi connectivity index (χ1n) is 6.56. The Kier molecular flexibility index (Phi) is 7.24. The second kappa shape index (κ2) is 9.08. The highest BCUT2D eigenvalue weighted by atomic mass is 16.4. The molecule has 0 bridgehead atoms. The predicted molar refractivity (Wildman–Crippen MR) is 71.7 cm³/mol. The quantitative estimate of drug-likeness (QED) is 0.666. The number of carbonyl (C=O) groups excluding carboxylic acids is 1. The van der Waals surface area contributed by atoms with Crippen LogP contribution in [0.2, 0.25) is 0 Å². The van der Waals surface area contributed by atoms with Crippen molar-refractivity contribution in [2.45, 2.75) is 38.5 Å². The van der Waals surface area contributed by atoms with Crippen LogP contribution in [0.1, 0.15) is 37.7 Å². The molecule has 1 amide bonds. The number of hydrogen-bond donors (Lipinski definition) is 2. The molecule has 1 rings (SSSR count). The number of unbranched alkanes of at least 4 members (excludes halogenated alkanes) is 2. The summed E-state index contributed by atoms with van der Waals surface area (Å²) in [6, 6.07) is 3.80. The smallest absolute Gasteiger partial charge is 0.303 e. The summed E-state index contributed by atoms with van der Waals surface area (Å²) in [6.07, 6.45) is 7.15. The highest BCUT2D eigenvalue weighted by molar-refractivity contribution is 5.76. The first kappa shape index (κ1) is 15.1. The third-order valence-electron chi connectivity index (χ3n) is 2.78. The molecule has 104 valence electrons. The molecule has 0 aliphatic carbocycles. The maximum Gasteiger partial charge on any atom is 0.303 e. The van der Waals surface area contributed by atoms with Crippen molar-refractivity contribution < 1.29 is 14.7 Å². The molecule has 0 atom stereocenters. The number of carboxylic acid groups (broad SMARTS) is 1. The Labute approximate surface area is 113 Å². The van der Waals surface area contributed by atoms with E-state index in [2.05, 4.69) is 10.3 Å². The van der Waals surface area contributed by atoms with E-state index in [0.717, 1.165) is 18.4 Å². The lowest BCUT2D eigenvalue weighted by Crippen LogP contribution is -2.24. The molecular formula is C14H20N2O3. The van der Waals surface area contributed by atoms with Gasteiger partial charge in [0.15, 0.2) is 0 Å². The number of carbonyl (C=O) groups is 2. The zero-order chi connectivity index (χ0) is 13.9. The Hall–Kier alpha value is -1.91. The van der Waals surface area contributed by atoms with Gasteiger partial charge in [0, 0.05) is 31.8 Å². The van der Waals surface area contributed by atoms with Crippen molar-refractivity contribution in [3.05, 3.63) is 30.1 Å². The Morgan fingerprint density at radius 3 is 2.53 bits per heavy atom. The van der Waals surface area contributed by atoms with Gasteiger partial charge in [0.25, 0.3) is 0 Å². The van der Waals surface area contributed by atoms with Gasteiger partial charge in [-0.2, -0.15) is 0 Å². The van der Waals surface area contributed by atoms with Crippen molar-refractivity contribution >= 4 is 11.9 Å². The van der Waals surface area contributed by atoms with Crippen LogP contribution in [0.4, 0.5) is 0 Å². The minimum Gasteiger partial charge on any atom is -0.481 e. The van der Waals surface area contributed by atoms with Crippen molar-refractivity contribution in [2.24, 2.45) is 0 Å². The molecule has 0 aliphatic rings. The van der Waals surface area contributed by atoms with Crippen LogP contribution in [-0.2, 0) is 16.0 Å². The first-order valence-corrected chi connectivity index (χ1v) is 6.56. The third-order valence-corrected chi connectivity index (χ3v) is 2.78. The van der Waals surface area contributed by atoms with Crippen molar-refractivity contribution in [2.75, 3.05) is 6.54 Å². The lowest BCUT2D eigenvalue weighted by atomic mass is 10.1. The van der Waals surface area contributed by atoms with Gasteiger partial charge in [-0.3, -0.25) is 14.6 Å². The van der Waals surface area contributed by atoms with Crippen LogP contribution in [0.5, 0.6) is 0 Å². The molecule has 0 spiro atoms. The van der Waals surface area contributed by atoms with Gasteiger partial charge in [-0.25, -0.2) is 0 Å². The summed E-state index contributed by atoms with van der Waals surface area (Å²) < 4.78 is 0. The maximum atomic E-state index is 11.5. The minimum atomic E-state index is -0.763. The summed E-state index contributed by atoms with van der Waals surface area (Å²) in [6.45, 7) is 0.620. The summed E-state index contributed by atoms with van der Waals surface area (Å²) >= 11 is 0. The highest BCUT2D eigenvalue weighted by Gasteiger charge is 2.02. The van der Waals surface area contributed by atoms with E-state index in [9.17, 15) is 9.59 Å². The summed E-state index contributed by atoms with van der Waals surface area (Å²) in [5.74, 6) is -0.726. The average molecular weight is 264 g/mol. The van der Waals surface area contributed by atoms with Gasteiger partial charge in [0.05, 0.1) is 0 Å². The van der Waals surface area contributed by atoms with Gasteiger partial charge >= 0.3 is 5.97 Å². The fourth-order valence-electron chi connectivity index (χ4n) is 1.70. The second-order valence-corrected chi connectivity index (χ2v) is 4.41. The molecule has 0 radical (unpaired) electrons. The number of aliphatic carboxylic acids is 1.